The average Bonchev–Trinajstić information content (AvgIpc) is 2.32. The minimum absolute atomic E-state index is 0.0534. The summed E-state index contributed by atoms with van der Waals surface area (Å²) >= 11 is 0. The normalized spacial score (nSPS) is 15.1. The zero-order chi connectivity index (χ0) is 13.8. The van der Waals surface area contributed by atoms with Crippen molar-refractivity contribution in [2.45, 2.75) is 31.7 Å². The van der Waals surface area contributed by atoms with Gasteiger partial charge in [-0.05, 0) is 31.7 Å². The van der Waals surface area contributed by atoms with Crippen molar-refractivity contribution in [1.82, 2.24) is 0 Å². The molecule has 1 fully saturated rings. The van der Waals surface area contributed by atoms with Gasteiger partial charge in [0.15, 0.2) is 5.82 Å². The first-order valence-electron chi connectivity index (χ1n) is 6.45. The van der Waals surface area contributed by atoms with Crippen LogP contribution in [0.5, 0.6) is 0 Å². The van der Waals surface area contributed by atoms with Crippen molar-refractivity contribution in [2.24, 2.45) is 0 Å². The van der Waals surface area contributed by atoms with Crippen LogP contribution in [-0.4, -0.2) is 29.2 Å². The van der Waals surface area contributed by atoms with E-state index in [-0.39, 0.29) is 18.3 Å². The monoisotopic (exact) mass is 268 g/mol. The number of benzene rings is 1. The number of nitro benzene ring substituents is 1. The lowest BCUT2D eigenvalue weighted by Gasteiger charge is -2.39. The largest absolute Gasteiger partial charge is 0.396 e. The molecule has 0 radical (unpaired) electrons. The van der Waals surface area contributed by atoms with Crippen molar-refractivity contribution in [3.05, 3.63) is 34.1 Å². The number of aliphatic hydroxyl groups is 1. The maximum absolute atomic E-state index is 14.0. The Kier molecular flexibility index (Phi) is 4.31. The number of nitro groups is 1. The van der Waals surface area contributed by atoms with Crippen LogP contribution >= 0.6 is 0 Å². The fourth-order valence-corrected chi connectivity index (χ4v) is 2.28. The summed E-state index contributed by atoms with van der Waals surface area (Å²) in [5.74, 6) is -0.570. The molecule has 0 unspecified atom stereocenters. The number of hydrogen-bond donors (Lipinski definition) is 1. The van der Waals surface area contributed by atoms with Gasteiger partial charge in [-0.1, -0.05) is 0 Å². The van der Waals surface area contributed by atoms with Crippen molar-refractivity contribution < 1.29 is 14.4 Å². The Morgan fingerprint density at radius 1 is 1.47 bits per heavy atom. The highest BCUT2D eigenvalue weighted by atomic mass is 19.1. The standard InChI is InChI=1S/C13H17FN2O3/c14-12-9-11(16(18)19)5-6-13(12)15(7-2-8-17)10-3-1-4-10/h5-6,9-10,17H,1-4,7-8H2. The highest BCUT2D eigenvalue weighted by Crippen LogP contribution is 2.32. The lowest BCUT2D eigenvalue weighted by atomic mass is 9.91. The van der Waals surface area contributed by atoms with E-state index in [0.29, 0.717) is 18.7 Å². The molecule has 0 atom stereocenters. The van der Waals surface area contributed by atoms with Gasteiger partial charge in [-0.15, -0.1) is 0 Å². The van der Waals surface area contributed by atoms with Gasteiger partial charge in [0.05, 0.1) is 16.7 Å². The Bertz CT molecular complexity index is 463. The quantitative estimate of drug-likeness (QED) is 0.635. The topological polar surface area (TPSA) is 66.6 Å². The summed E-state index contributed by atoms with van der Waals surface area (Å²) in [6.45, 7) is 0.619. The second kappa shape index (κ2) is 5.97. The molecule has 104 valence electrons. The molecule has 1 N–H and O–H groups in total. The van der Waals surface area contributed by atoms with E-state index < -0.39 is 10.7 Å². The molecule has 1 saturated carbocycles. The molecular formula is C13H17FN2O3. The third kappa shape index (κ3) is 3.01. The fraction of sp³-hybridized carbons (Fsp3) is 0.538. The summed E-state index contributed by atoms with van der Waals surface area (Å²) in [6.07, 6.45) is 3.69. The first-order valence-corrected chi connectivity index (χ1v) is 6.45. The fourth-order valence-electron chi connectivity index (χ4n) is 2.28. The van der Waals surface area contributed by atoms with E-state index >= 15 is 0 Å². The number of nitrogens with zero attached hydrogens (tertiary/aromatic N) is 2. The molecule has 5 nitrogen and oxygen atoms in total. The van der Waals surface area contributed by atoms with Crippen LogP contribution < -0.4 is 4.90 Å². The zero-order valence-corrected chi connectivity index (χ0v) is 10.6. The van der Waals surface area contributed by atoms with Gasteiger partial charge in [0, 0.05) is 25.3 Å². The molecule has 0 aliphatic heterocycles. The number of anilines is 1. The summed E-state index contributed by atoms with van der Waals surface area (Å²) in [5, 5.41) is 19.5. The highest BCUT2D eigenvalue weighted by Gasteiger charge is 2.27. The molecule has 1 aromatic carbocycles. The molecule has 2 rings (SSSR count). The second-order valence-electron chi connectivity index (χ2n) is 4.75. The summed E-state index contributed by atoms with van der Waals surface area (Å²) in [5.41, 5.74) is 0.153. The van der Waals surface area contributed by atoms with Crippen LogP contribution in [0.2, 0.25) is 0 Å². The molecule has 0 aromatic heterocycles. The second-order valence-corrected chi connectivity index (χ2v) is 4.75. The van der Waals surface area contributed by atoms with E-state index in [4.69, 9.17) is 5.11 Å². The lowest BCUT2D eigenvalue weighted by Crippen LogP contribution is -2.41. The Morgan fingerprint density at radius 2 is 2.21 bits per heavy atom. The van der Waals surface area contributed by atoms with Crippen LogP contribution in [-0.2, 0) is 0 Å². The smallest absolute Gasteiger partial charge is 0.272 e. The van der Waals surface area contributed by atoms with Crippen molar-refractivity contribution in [2.75, 3.05) is 18.1 Å². The average molecular weight is 268 g/mol. The molecule has 0 amide bonds. The zero-order valence-electron chi connectivity index (χ0n) is 10.6. The van der Waals surface area contributed by atoms with E-state index in [0.717, 1.165) is 25.3 Å². The number of hydrogen-bond acceptors (Lipinski definition) is 4. The Morgan fingerprint density at radius 3 is 2.68 bits per heavy atom. The molecule has 0 heterocycles. The van der Waals surface area contributed by atoms with Gasteiger partial charge in [0.2, 0.25) is 0 Å². The van der Waals surface area contributed by atoms with Crippen LogP contribution in [0.15, 0.2) is 18.2 Å². The highest BCUT2D eigenvalue weighted by molar-refractivity contribution is 5.53. The summed E-state index contributed by atoms with van der Waals surface area (Å²) in [7, 11) is 0. The molecule has 0 saturated heterocycles. The maximum Gasteiger partial charge on any atom is 0.272 e. The predicted molar refractivity (Wildman–Crippen MR) is 69.7 cm³/mol. The Balaban J connectivity index is 2.22. The van der Waals surface area contributed by atoms with Crippen molar-refractivity contribution in [3.8, 4) is 0 Å². The van der Waals surface area contributed by atoms with Crippen molar-refractivity contribution in [1.29, 1.82) is 0 Å². The van der Waals surface area contributed by atoms with Crippen molar-refractivity contribution in [3.63, 3.8) is 0 Å². The summed E-state index contributed by atoms with van der Waals surface area (Å²) in [4.78, 5) is 11.9. The molecule has 1 aliphatic rings. The number of non-ortho nitro benzene ring substituents is 1. The van der Waals surface area contributed by atoms with Gasteiger partial charge in [-0.2, -0.15) is 0 Å². The van der Waals surface area contributed by atoms with Crippen LogP contribution in [0, 0.1) is 15.9 Å². The van der Waals surface area contributed by atoms with E-state index in [1.807, 2.05) is 4.90 Å². The van der Waals surface area contributed by atoms with E-state index in [9.17, 15) is 14.5 Å². The molecular weight excluding hydrogens is 251 g/mol. The number of rotatable bonds is 6. The van der Waals surface area contributed by atoms with E-state index in [1.54, 1.807) is 0 Å². The van der Waals surface area contributed by atoms with Gasteiger partial charge in [-0.25, -0.2) is 4.39 Å². The molecule has 0 bridgehead atoms. The maximum atomic E-state index is 14.0. The van der Waals surface area contributed by atoms with Crippen LogP contribution in [0.3, 0.4) is 0 Å². The van der Waals surface area contributed by atoms with Crippen LogP contribution in [0.25, 0.3) is 0 Å². The van der Waals surface area contributed by atoms with E-state index in [1.165, 1.54) is 12.1 Å². The molecule has 1 aromatic rings. The molecule has 19 heavy (non-hydrogen) atoms. The summed E-state index contributed by atoms with van der Waals surface area (Å²) < 4.78 is 14.0. The van der Waals surface area contributed by atoms with Gasteiger partial charge in [-0.3, -0.25) is 10.1 Å². The van der Waals surface area contributed by atoms with Gasteiger partial charge >= 0.3 is 0 Å². The van der Waals surface area contributed by atoms with Gasteiger partial charge in [0.1, 0.15) is 0 Å². The van der Waals surface area contributed by atoms with Crippen molar-refractivity contribution >= 4 is 11.4 Å². The first kappa shape index (κ1) is 13.7. The lowest BCUT2D eigenvalue weighted by molar-refractivity contribution is -0.385. The molecule has 1 aliphatic carbocycles. The Hall–Kier alpha value is -1.69. The van der Waals surface area contributed by atoms with Gasteiger partial charge in [0.25, 0.3) is 5.69 Å². The van der Waals surface area contributed by atoms with Crippen LogP contribution in [0.4, 0.5) is 15.8 Å². The minimum atomic E-state index is -0.603. The molecule has 6 heteroatoms. The van der Waals surface area contributed by atoms with Crippen LogP contribution in [0.1, 0.15) is 25.7 Å². The SMILES string of the molecule is O=[N+]([O-])c1ccc(N(CCCO)C2CCC2)c(F)c1. The first-order chi connectivity index (χ1) is 9.13. The number of halogens is 1. The summed E-state index contributed by atoms with van der Waals surface area (Å²) in [6, 6.07) is 4.02. The van der Waals surface area contributed by atoms with E-state index in [2.05, 4.69) is 0 Å². The number of aliphatic hydroxyl groups excluding tert-OH is 1. The van der Waals surface area contributed by atoms with Gasteiger partial charge < -0.3 is 10.0 Å². The molecule has 0 spiro atoms. The third-order valence-corrected chi connectivity index (χ3v) is 3.52. The predicted octanol–water partition coefficient (Wildman–Crippen LogP) is 2.48. The third-order valence-electron chi connectivity index (χ3n) is 3.52. The Labute approximate surface area is 110 Å². The minimum Gasteiger partial charge on any atom is -0.396 e.